The first-order valence-corrected chi connectivity index (χ1v) is 8.38. The normalized spacial score (nSPS) is 22.9. The average molecular weight is 293 g/mol. The SMILES string of the molecule is CCN1CCC(NC(c2ccc(Cl)cc2)C2CC2)CC1. The monoisotopic (exact) mass is 292 g/mol. The number of nitrogens with zero attached hydrogens (tertiary/aromatic N) is 1. The summed E-state index contributed by atoms with van der Waals surface area (Å²) in [7, 11) is 0. The third kappa shape index (κ3) is 3.55. The molecule has 110 valence electrons. The summed E-state index contributed by atoms with van der Waals surface area (Å²) in [6.45, 7) is 5.93. The van der Waals surface area contributed by atoms with Crippen LogP contribution in [0.4, 0.5) is 0 Å². The highest BCUT2D eigenvalue weighted by Gasteiger charge is 2.34. The van der Waals surface area contributed by atoms with Gasteiger partial charge in [0.05, 0.1) is 0 Å². The molecule has 2 fully saturated rings. The van der Waals surface area contributed by atoms with E-state index in [4.69, 9.17) is 11.6 Å². The topological polar surface area (TPSA) is 15.3 Å². The van der Waals surface area contributed by atoms with Gasteiger partial charge < -0.3 is 10.2 Å². The first kappa shape index (κ1) is 14.4. The summed E-state index contributed by atoms with van der Waals surface area (Å²) in [5.41, 5.74) is 1.41. The first-order valence-electron chi connectivity index (χ1n) is 8.00. The lowest BCUT2D eigenvalue weighted by Gasteiger charge is -2.34. The second-order valence-corrected chi connectivity index (χ2v) is 6.68. The summed E-state index contributed by atoms with van der Waals surface area (Å²) in [5.74, 6) is 0.834. The van der Waals surface area contributed by atoms with E-state index >= 15 is 0 Å². The van der Waals surface area contributed by atoms with Crippen molar-refractivity contribution in [3.8, 4) is 0 Å². The zero-order chi connectivity index (χ0) is 13.9. The molecule has 1 aromatic rings. The van der Waals surface area contributed by atoms with E-state index in [-0.39, 0.29) is 0 Å². The number of rotatable bonds is 5. The van der Waals surface area contributed by atoms with Gasteiger partial charge >= 0.3 is 0 Å². The van der Waals surface area contributed by atoms with Crippen LogP contribution in [0.15, 0.2) is 24.3 Å². The molecule has 3 heteroatoms. The third-order valence-electron chi connectivity index (χ3n) is 4.77. The molecule has 20 heavy (non-hydrogen) atoms. The van der Waals surface area contributed by atoms with Gasteiger partial charge in [-0.1, -0.05) is 30.7 Å². The van der Waals surface area contributed by atoms with Crippen LogP contribution < -0.4 is 5.32 Å². The minimum Gasteiger partial charge on any atom is -0.307 e. The first-order chi connectivity index (χ1) is 9.76. The van der Waals surface area contributed by atoms with Gasteiger partial charge in [-0.25, -0.2) is 0 Å². The molecular weight excluding hydrogens is 268 g/mol. The van der Waals surface area contributed by atoms with Crippen LogP contribution >= 0.6 is 11.6 Å². The number of likely N-dealkylation sites (tertiary alicyclic amines) is 1. The lowest BCUT2D eigenvalue weighted by atomic mass is 9.98. The van der Waals surface area contributed by atoms with Gasteiger partial charge in [-0.3, -0.25) is 0 Å². The number of hydrogen-bond acceptors (Lipinski definition) is 2. The van der Waals surface area contributed by atoms with Crippen LogP contribution in [0.3, 0.4) is 0 Å². The molecule has 3 rings (SSSR count). The third-order valence-corrected chi connectivity index (χ3v) is 5.02. The van der Waals surface area contributed by atoms with Crippen molar-refractivity contribution >= 4 is 11.6 Å². The van der Waals surface area contributed by atoms with Crippen LogP contribution in [-0.4, -0.2) is 30.6 Å². The molecule has 0 radical (unpaired) electrons. The molecule has 1 saturated carbocycles. The minimum absolute atomic E-state index is 0.533. The van der Waals surface area contributed by atoms with Gasteiger partial charge in [-0.15, -0.1) is 0 Å². The predicted octanol–water partition coefficient (Wildman–Crippen LogP) is 3.87. The van der Waals surface area contributed by atoms with Crippen LogP contribution in [-0.2, 0) is 0 Å². The molecule has 1 aliphatic carbocycles. The largest absolute Gasteiger partial charge is 0.307 e. The van der Waals surface area contributed by atoms with E-state index < -0.39 is 0 Å². The molecular formula is C17H25ClN2. The van der Waals surface area contributed by atoms with Crippen LogP contribution in [0.25, 0.3) is 0 Å². The Hall–Kier alpha value is -0.570. The summed E-state index contributed by atoms with van der Waals surface area (Å²) in [6, 6.07) is 9.64. The second kappa shape index (κ2) is 6.46. The smallest absolute Gasteiger partial charge is 0.0406 e. The maximum atomic E-state index is 6.01. The fourth-order valence-corrected chi connectivity index (χ4v) is 3.40. The summed E-state index contributed by atoms with van der Waals surface area (Å²) in [5, 5.41) is 4.76. The van der Waals surface area contributed by atoms with Crippen molar-refractivity contribution in [2.45, 2.75) is 44.7 Å². The van der Waals surface area contributed by atoms with E-state index in [9.17, 15) is 0 Å². The van der Waals surface area contributed by atoms with Crippen molar-refractivity contribution in [2.75, 3.05) is 19.6 Å². The van der Waals surface area contributed by atoms with Crippen LogP contribution in [0.2, 0.25) is 5.02 Å². The van der Waals surface area contributed by atoms with E-state index in [0.29, 0.717) is 12.1 Å². The summed E-state index contributed by atoms with van der Waals surface area (Å²) in [4.78, 5) is 2.55. The van der Waals surface area contributed by atoms with Crippen LogP contribution in [0.1, 0.15) is 44.2 Å². The van der Waals surface area contributed by atoms with Crippen molar-refractivity contribution < 1.29 is 0 Å². The van der Waals surface area contributed by atoms with Gasteiger partial charge in [0.25, 0.3) is 0 Å². The molecule has 0 spiro atoms. The lowest BCUT2D eigenvalue weighted by Crippen LogP contribution is -2.44. The Balaban J connectivity index is 1.62. The van der Waals surface area contributed by atoms with Gasteiger partial charge in [0.2, 0.25) is 0 Å². The van der Waals surface area contributed by atoms with Crippen LogP contribution in [0.5, 0.6) is 0 Å². The molecule has 1 aliphatic heterocycles. The molecule has 1 N–H and O–H groups in total. The highest BCUT2D eigenvalue weighted by Crippen LogP contribution is 2.41. The Morgan fingerprint density at radius 2 is 1.80 bits per heavy atom. The highest BCUT2D eigenvalue weighted by atomic mass is 35.5. The second-order valence-electron chi connectivity index (χ2n) is 6.24. The standard InChI is InChI=1S/C17H25ClN2/c1-2-20-11-9-16(10-12-20)19-17(13-3-4-13)14-5-7-15(18)8-6-14/h5-8,13,16-17,19H,2-4,9-12H2,1H3. The summed E-state index contributed by atoms with van der Waals surface area (Å²) < 4.78 is 0. The Bertz CT molecular complexity index is 419. The number of benzene rings is 1. The molecule has 1 heterocycles. The van der Waals surface area contributed by atoms with Gasteiger partial charge in [0.1, 0.15) is 0 Å². The zero-order valence-corrected chi connectivity index (χ0v) is 13.1. The minimum atomic E-state index is 0.533. The average Bonchev–Trinajstić information content (AvgIpc) is 3.31. The molecule has 2 aliphatic rings. The van der Waals surface area contributed by atoms with E-state index in [2.05, 4.69) is 29.3 Å². The molecule has 1 aromatic carbocycles. The fourth-order valence-electron chi connectivity index (χ4n) is 3.27. The van der Waals surface area contributed by atoms with E-state index in [1.54, 1.807) is 0 Å². The Morgan fingerprint density at radius 3 is 2.35 bits per heavy atom. The Kier molecular flexibility index (Phi) is 4.65. The van der Waals surface area contributed by atoms with Crippen molar-refractivity contribution in [2.24, 2.45) is 5.92 Å². The van der Waals surface area contributed by atoms with Gasteiger partial charge in [0.15, 0.2) is 0 Å². The maximum Gasteiger partial charge on any atom is 0.0406 e. The van der Waals surface area contributed by atoms with Gasteiger partial charge in [0, 0.05) is 17.1 Å². The number of nitrogens with one attached hydrogen (secondary N) is 1. The highest BCUT2D eigenvalue weighted by molar-refractivity contribution is 6.30. The van der Waals surface area contributed by atoms with Crippen molar-refractivity contribution in [3.63, 3.8) is 0 Å². The Morgan fingerprint density at radius 1 is 1.15 bits per heavy atom. The van der Waals surface area contributed by atoms with E-state index in [0.717, 1.165) is 10.9 Å². The van der Waals surface area contributed by atoms with Crippen molar-refractivity contribution in [1.29, 1.82) is 0 Å². The quantitative estimate of drug-likeness (QED) is 0.886. The number of hydrogen-bond donors (Lipinski definition) is 1. The molecule has 0 bridgehead atoms. The summed E-state index contributed by atoms with van der Waals surface area (Å²) >= 11 is 6.01. The lowest BCUT2D eigenvalue weighted by molar-refractivity contribution is 0.195. The predicted molar refractivity (Wildman–Crippen MR) is 85.2 cm³/mol. The summed E-state index contributed by atoms with van der Waals surface area (Å²) in [6.07, 6.45) is 5.30. The number of halogens is 1. The van der Waals surface area contributed by atoms with Gasteiger partial charge in [-0.05, 0) is 68.9 Å². The molecule has 0 amide bonds. The van der Waals surface area contributed by atoms with Crippen LogP contribution in [0, 0.1) is 5.92 Å². The number of piperidine rings is 1. The molecule has 2 nitrogen and oxygen atoms in total. The molecule has 0 aromatic heterocycles. The van der Waals surface area contributed by atoms with Crippen molar-refractivity contribution in [3.05, 3.63) is 34.9 Å². The maximum absolute atomic E-state index is 6.01. The van der Waals surface area contributed by atoms with Gasteiger partial charge in [-0.2, -0.15) is 0 Å². The van der Waals surface area contributed by atoms with E-state index in [1.807, 2.05) is 12.1 Å². The van der Waals surface area contributed by atoms with Crippen molar-refractivity contribution in [1.82, 2.24) is 10.2 Å². The molecule has 1 unspecified atom stereocenters. The Labute approximate surface area is 127 Å². The zero-order valence-electron chi connectivity index (χ0n) is 12.3. The molecule has 1 atom stereocenters. The fraction of sp³-hybridized carbons (Fsp3) is 0.647. The molecule has 1 saturated heterocycles. The van der Waals surface area contributed by atoms with E-state index in [1.165, 1.54) is 50.9 Å².